The number of benzene rings is 3. The molecule has 182 valence electrons. The van der Waals surface area contributed by atoms with Gasteiger partial charge in [0.15, 0.2) is 0 Å². The summed E-state index contributed by atoms with van der Waals surface area (Å²) in [5.74, 6) is -0.126. The van der Waals surface area contributed by atoms with Crippen LogP contribution in [0.25, 0.3) is 0 Å². The third kappa shape index (κ3) is 7.65. The lowest BCUT2D eigenvalue weighted by molar-refractivity contribution is 0.00540. The minimum absolute atomic E-state index is 0.104. The SMILES string of the molecule is O=C(NCc1ccc(NC(=O)N2CCC(OCc3ccc(Br)cc3)CC2)cc1)c1ccc(Br)cc1. The lowest BCUT2D eigenvalue weighted by Gasteiger charge is -2.32. The Kier molecular flexibility index (Phi) is 8.95. The molecule has 1 aliphatic heterocycles. The normalized spacial score (nSPS) is 13.9. The number of carbonyl (C=O) groups is 2. The molecule has 0 radical (unpaired) electrons. The molecule has 8 heteroatoms. The van der Waals surface area contributed by atoms with Crippen LogP contribution in [0.3, 0.4) is 0 Å². The van der Waals surface area contributed by atoms with Crippen LogP contribution in [-0.2, 0) is 17.9 Å². The Hall–Kier alpha value is -2.68. The van der Waals surface area contributed by atoms with Crippen LogP contribution in [0.1, 0.15) is 34.3 Å². The van der Waals surface area contributed by atoms with Crippen LogP contribution in [0.15, 0.2) is 81.7 Å². The molecule has 35 heavy (non-hydrogen) atoms. The van der Waals surface area contributed by atoms with Crippen molar-refractivity contribution in [2.24, 2.45) is 0 Å². The van der Waals surface area contributed by atoms with Crippen molar-refractivity contribution in [3.63, 3.8) is 0 Å². The molecule has 0 bridgehead atoms. The summed E-state index contributed by atoms with van der Waals surface area (Å²) in [5.41, 5.74) is 3.44. The van der Waals surface area contributed by atoms with E-state index < -0.39 is 0 Å². The summed E-state index contributed by atoms with van der Waals surface area (Å²) >= 11 is 6.81. The molecule has 0 unspecified atom stereocenters. The highest BCUT2D eigenvalue weighted by molar-refractivity contribution is 9.10. The van der Waals surface area contributed by atoms with Crippen molar-refractivity contribution in [1.29, 1.82) is 0 Å². The smallest absolute Gasteiger partial charge is 0.321 e. The van der Waals surface area contributed by atoms with Crippen molar-refractivity contribution < 1.29 is 14.3 Å². The summed E-state index contributed by atoms with van der Waals surface area (Å²) in [5, 5.41) is 5.87. The van der Waals surface area contributed by atoms with E-state index in [9.17, 15) is 9.59 Å². The van der Waals surface area contributed by atoms with Crippen LogP contribution >= 0.6 is 31.9 Å². The first-order chi connectivity index (χ1) is 17.0. The second kappa shape index (κ2) is 12.3. The average Bonchev–Trinajstić information content (AvgIpc) is 2.88. The van der Waals surface area contributed by atoms with Crippen molar-refractivity contribution >= 4 is 49.5 Å². The van der Waals surface area contributed by atoms with E-state index >= 15 is 0 Å². The molecule has 1 fully saturated rings. The van der Waals surface area contributed by atoms with Crippen molar-refractivity contribution in [3.8, 4) is 0 Å². The predicted molar refractivity (Wildman–Crippen MR) is 144 cm³/mol. The number of likely N-dealkylation sites (tertiary alicyclic amines) is 1. The zero-order chi connectivity index (χ0) is 24.6. The van der Waals surface area contributed by atoms with E-state index in [-0.39, 0.29) is 18.0 Å². The van der Waals surface area contributed by atoms with Gasteiger partial charge in [-0.05, 0) is 72.5 Å². The van der Waals surface area contributed by atoms with Crippen LogP contribution in [0.2, 0.25) is 0 Å². The van der Waals surface area contributed by atoms with Crippen LogP contribution in [0.5, 0.6) is 0 Å². The fraction of sp³-hybridized carbons (Fsp3) is 0.259. The van der Waals surface area contributed by atoms with Gasteiger partial charge in [-0.2, -0.15) is 0 Å². The van der Waals surface area contributed by atoms with Gasteiger partial charge < -0.3 is 20.3 Å². The molecular formula is C27H27Br2N3O3. The first-order valence-electron chi connectivity index (χ1n) is 11.5. The Morgan fingerprint density at radius 1 is 0.829 bits per heavy atom. The van der Waals surface area contributed by atoms with Crippen LogP contribution in [0, 0.1) is 0 Å². The fourth-order valence-corrected chi connectivity index (χ4v) is 4.34. The van der Waals surface area contributed by atoms with E-state index in [0.29, 0.717) is 31.8 Å². The number of piperidine rings is 1. The van der Waals surface area contributed by atoms with Crippen LogP contribution in [0.4, 0.5) is 10.5 Å². The number of hydrogen-bond donors (Lipinski definition) is 2. The van der Waals surface area contributed by atoms with Gasteiger partial charge in [-0.1, -0.05) is 56.1 Å². The average molecular weight is 601 g/mol. The number of ether oxygens (including phenoxy) is 1. The first kappa shape index (κ1) is 25.4. The standard InChI is InChI=1S/C27H27Br2N3O3/c28-22-7-1-20(2-8-22)18-35-25-13-15-32(16-14-25)27(34)31-24-11-3-19(4-12-24)17-30-26(33)21-5-9-23(29)10-6-21/h1-12,25H,13-18H2,(H,30,33)(H,31,34). The maximum Gasteiger partial charge on any atom is 0.321 e. The van der Waals surface area contributed by atoms with Crippen molar-refractivity contribution in [2.75, 3.05) is 18.4 Å². The summed E-state index contributed by atoms with van der Waals surface area (Å²) < 4.78 is 8.02. The molecule has 0 aromatic heterocycles. The van der Waals surface area contributed by atoms with Gasteiger partial charge in [-0.25, -0.2) is 4.79 Å². The number of anilines is 1. The highest BCUT2D eigenvalue weighted by atomic mass is 79.9. The molecule has 3 amide bonds. The van der Waals surface area contributed by atoms with Gasteiger partial charge in [-0.15, -0.1) is 0 Å². The number of rotatable bonds is 7. The Balaban J connectivity index is 1.18. The van der Waals surface area contributed by atoms with E-state index in [2.05, 4.69) is 42.5 Å². The van der Waals surface area contributed by atoms with Gasteiger partial charge in [0.2, 0.25) is 0 Å². The molecule has 0 spiro atoms. The maximum atomic E-state index is 12.7. The number of halogens is 2. The van der Waals surface area contributed by atoms with Gasteiger partial charge in [0.05, 0.1) is 12.7 Å². The molecule has 1 saturated heterocycles. The Morgan fingerprint density at radius 2 is 1.40 bits per heavy atom. The second-order valence-electron chi connectivity index (χ2n) is 8.44. The van der Waals surface area contributed by atoms with Gasteiger partial charge in [0.25, 0.3) is 5.91 Å². The fourth-order valence-electron chi connectivity index (χ4n) is 3.81. The summed E-state index contributed by atoms with van der Waals surface area (Å²) in [6.07, 6.45) is 1.80. The summed E-state index contributed by atoms with van der Waals surface area (Å²) in [4.78, 5) is 26.8. The third-order valence-electron chi connectivity index (χ3n) is 5.89. The van der Waals surface area contributed by atoms with Gasteiger partial charge in [0, 0.05) is 39.8 Å². The van der Waals surface area contributed by atoms with Crippen LogP contribution in [-0.4, -0.2) is 36.0 Å². The molecule has 2 N–H and O–H groups in total. The molecule has 0 atom stereocenters. The Bertz CT molecular complexity index is 1130. The first-order valence-corrected chi connectivity index (χ1v) is 13.1. The lowest BCUT2D eigenvalue weighted by atomic mass is 10.1. The second-order valence-corrected chi connectivity index (χ2v) is 10.3. The highest BCUT2D eigenvalue weighted by Crippen LogP contribution is 2.19. The van der Waals surface area contributed by atoms with Gasteiger partial charge in [0.1, 0.15) is 0 Å². The summed E-state index contributed by atoms with van der Waals surface area (Å²) in [6, 6.07) is 22.8. The molecule has 0 saturated carbocycles. The summed E-state index contributed by atoms with van der Waals surface area (Å²) in [6.45, 7) is 2.32. The van der Waals surface area contributed by atoms with E-state index in [1.54, 1.807) is 12.1 Å². The minimum atomic E-state index is -0.126. The molecule has 3 aromatic rings. The molecule has 1 heterocycles. The Morgan fingerprint density at radius 3 is 2.03 bits per heavy atom. The molecule has 1 aliphatic rings. The zero-order valence-corrected chi connectivity index (χ0v) is 22.3. The molecule has 3 aromatic carbocycles. The zero-order valence-electron chi connectivity index (χ0n) is 19.2. The topological polar surface area (TPSA) is 70.7 Å². The Labute approximate surface area is 222 Å². The highest BCUT2D eigenvalue weighted by Gasteiger charge is 2.23. The molecule has 4 rings (SSSR count). The predicted octanol–water partition coefficient (Wildman–Crippen LogP) is 6.35. The number of urea groups is 1. The molecular weight excluding hydrogens is 574 g/mol. The van der Waals surface area contributed by atoms with E-state index in [0.717, 1.165) is 38.6 Å². The quantitative estimate of drug-likeness (QED) is 0.332. The number of nitrogens with one attached hydrogen (secondary N) is 2. The maximum absolute atomic E-state index is 12.7. The minimum Gasteiger partial charge on any atom is -0.373 e. The number of carbonyl (C=O) groups excluding carboxylic acids is 2. The third-order valence-corrected chi connectivity index (χ3v) is 6.95. The van der Waals surface area contributed by atoms with Crippen molar-refractivity contribution in [1.82, 2.24) is 10.2 Å². The lowest BCUT2D eigenvalue weighted by Crippen LogP contribution is -2.43. The van der Waals surface area contributed by atoms with Crippen molar-refractivity contribution in [3.05, 3.63) is 98.4 Å². The van der Waals surface area contributed by atoms with E-state index in [1.165, 1.54) is 0 Å². The largest absolute Gasteiger partial charge is 0.373 e. The van der Waals surface area contributed by atoms with Gasteiger partial charge in [-0.3, -0.25) is 4.79 Å². The van der Waals surface area contributed by atoms with E-state index in [4.69, 9.17) is 4.74 Å². The van der Waals surface area contributed by atoms with Gasteiger partial charge >= 0.3 is 6.03 Å². The monoisotopic (exact) mass is 599 g/mol. The molecule has 0 aliphatic carbocycles. The number of hydrogen-bond acceptors (Lipinski definition) is 3. The number of nitrogens with zero attached hydrogens (tertiary/aromatic N) is 1. The number of amides is 3. The summed E-state index contributed by atoms with van der Waals surface area (Å²) in [7, 11) is 0. The van der Waals surface area contributed by atoms with E-state index in [1.807, 2.05) is 65.6 Å². The van der Waals surface area contributed by atoms with Crippen molar-refractivity contribution in [2.45, 2.75) is 32.1 Å². The molecule has 6 nitrogen and oxygen atoms in total. The van der Waals surface area contributed by atoms with Crippen LogP contribution < -0.4 is 10.6 Å².